The van der Waals surface area contributed by atoms with E-state index in [0.29, 0.717) is 29.5 Å². The van der Waals surface area contributed by atoms with Gasteiger partial charge in [-0.05, 0) is 37.5 Å². The second-order valence-corrected chi connectivity index (χ2v) is 8.28. The van der Waals surface area contributed by atoms with Crippen molar-refractivity contribution < 1.29 is 0 Å². The molecule has 3 heterocycles. The van der Waals surface area contributed by atoms with Crippen molar-refractivity contribution >= 4 is 33.2 Å². The minimum Gasteiger partial charge on any atom is -0.308 e. The van der Waals surface area contributed by atoms with Crippen molar-refractivity contribution in [3.63, 3.8) is 0 Å². The first-order valence-corrected chi connectivity index (χ1v) is 11.4. The molecule has 0 saturated heterocycles. The first-order chi connectivity index (χ1) is 15.6. The highest BCUT2D eigenvalue weighted by Crippen LogP contribution is 2.27. The largest absolute Gasteiger partial charge is 0.308 e. The van der Waals surface area contributed by atoms with E-state index in [2.05, 4.69) is 30.5 Å². The number of aryl methyl sites for hydroxylation is 3. The maximum Gasteiger partial charge on any atom is 0.265 e. The third-order valence-corrected chi connectivity index (χ3v) is 6.28. The zero-order chi connectivity index (χ0) is 22.2. The van der Waals surface area contributed by atoms with Gasteiger partial charge in [-0.2, -0.15) is 0 Å². The van der Waals surface area contributed by atoms with Crippen LogP contribution < -0.4 is 5.56 Å². The van der Waals surface area contributed by atoms with Crippen LogP contribution in [0.15, 0.2) is 59.4 Å². The first-order valence-electron chi connectivity index (χ1n) is 11.4. The van der Waals surface area contributed by atoms with Crippen molar-refractivity contribution in [1.29, 1.82) is 0 Å². The lowest BCUT2D eigenvalue weighted by molar-refractivity contribution is 0.488. The fourth-order valence-corrected chi connectivity index (χ4v) is 4.40. The second kappa shape index (κ2) is 8.19. The van der Waals surface area contributed by atoms with Crippen LogP contribution in [0, 0.1) is 0 Å². The number of aromatic nitrogens is 5. The topological polar surface area (TPSA) is 65.6 Å². The zero-order valence-electron chi connectivity index (χ0n) is 18.7. The Morgan fingerprint density at radius 3 is 2.25 bits per heavy atom. The lowest BCUT2D eigenvalue weighted by Gasteiger charge is -2.17. The van der Waals surface area contributed by atoms with Crippen molar-refractivity contribution in [3.05, 3.63) is 76.3 Å². The van der Waals surface area contributed by atoms with Gasteiger partial charge in [0.05, 0.1) is 11.0 Å². The summed E-state index contributed by atoms with van der Waals surface area (Å²) < 4.78 is 3.93. The molecule has 0 bridgehead atoms. The van der Waals surface area contributed by atoms with E-state index >= 15 is 0 Å². The molecule has 0 aliphatic rings. The Bertz CT molecular complexity index is 1480. The predicted octanol–water partition coefficient (Wildman–Crippen LogP) is 5.07. The van der Waals surface area contributed by atoms with E-state index in [1.807, 2.05) is 54.0 Å². The van der Waals surface area contributed by atoms with Gasteiger partial charge in [-0.1, -0.05) is 56.3 Å². The van der Waals surface area contributed by atoms with Crippen molar-refractivity contribution in [2.75, 3.05) is 0 Å². The van der Waals surface area contributed by atoms with Crippen LogP contribution in [-0.2, 0) is 19.4 Å². The van der Waals surface area contributed by atoms with Crippen LogP contribution in [0.4, 0.5) is 0 Å². The molecule has 0 amide bonds. The lowest BCUT2D eigenvalue weighted by atomic mass is 10.1. The molecule has 32 heavy (non-hydrogen) atoms. The molecule has 0 saturated carbocycles. The van der Waals surface area contributed by atoms with Crippen LogP contribution in [-0.4, -0.2) is 24.1 Å². The highest BCUT2D eigenvalue weighted by atomic mass is 16.1. The Morgan fingerprint density at radius 1 is 0.875 bits per heavy atom. The third-order valence-electron chi connectivity index (χ3n) is 6.28. The van der Waals surface area contributed by atoms with Crippen LogP contribution in [0.3, 0.4) is 0 Å². The molecule has 0 aliphatic carbocycles. The molecular weight excluding hydrogens is 398 g/mol. The summed E-state index contributed by atoms with van der Waals surface area (Å²) in [4.78, 5) is 28.6. The summed E-state index contributed by atoms with van der Waals surface area (Å²) in [5.74, 6) is 0.810. The average Bonchev–Trinajstić information content (AvgIpc) is 3.13. The molecule has 1 unspecified atom stereocenters. The minimum atomic E-state index is -0.0192. The fraction of sp³-hybridized carbons (Fsp3) is 0.308. The summed E-state index contributed by atoms with van der Waals surface area (Å²) in [6.07, 6.45) is 2.38. The van der Waals surface area contributed by atoms with E-state index in [1.54, 1.807) is 0 Å². The monoisotopic (exact) mass is 425 g/mol. The lowest BCUT2D eigenvalue weighted by Crippen LogP contribution is -2.28. The van der Waals surface area contributed by atoms with Crippen LogP contribution in [0.1, 0.15) is 44.6 Å². The van der Waals surface area contributed by atoms with Crippen LogP contribution >= 0.6 is 0 Å². The Labute approximate surface area is 186 Å². The van der Waals surface area contributed by atoms with Gasteiger partial charge in [0.15, 0.2) is 11.3 Å². The Balaban J connectivity index is 1.83. The van der Waals surface area contributed by atoms with Gasteiger partial charge in [0.2, 0.25) is 0 Å². The summed E-state index contributed by atoms with van der Waals surface area (Å²) >= 11 is 0. The molecule has 3 aromatic heterocycles. The molecule has 6 nitrogen and oxygen atoms in total. The number of rotatable bonds is 6. The highest BCUT2D eigenvalue weighted by Gasteiger charge is 2.23. The average molecular weight is 426 g/mol. The quantitative estimate of drug-likeness (QED) is 0.381. The number of nitrogens with zero attached hydrogens (tertiary/aromatic N) is 5. The van der Waals surface area contributed by atoms with Gasteiger partial charge in [-0.25, -0.2) is 15.0 Å². The van der Waals surface area contributed by atoms with Crippen LogP contribution in [0.2, 0.25) is 0 Å². The predicted molar refractivity (Wildman–Crippen MR) is 129 cm³/mol. The van der Waals surface area contributed by atoms with Crippen molar-refractivity contribution in [2.45, 2.75) is 52.6 Å². The maximum absolute atomic E-state index is 13.8. The number of fused-ring (bicyclic) bond motifs is 4. The minimum absolute atomic E-state index is 0.0192. The maximum atomic E-state index is 13.8. The normalized spacial score (nSPS) is 12.7. The van der Waals surface area contributed by atoms with Crippen LogP contribution in [0.25, 0.3) is 33.2 Å². The SMILES string of the molecule is CCc1nc2c(c(=O)n1C(C)CC)c1nc3ccccc3nc1n2CCc1ccccc1. The van der Waals surface area contributed by atoms with E-state index in [0.717, 1.165) is 35.3 Å². The van der Waals surface area contributed by atoms with E-state index < -0.39 is 0 Å². The number of para-hydroxylation sites is 2. The molecule has 5 aromatic rings. The van der Waals surface area contributed by atoms with Gasteiger partial charge in [0, 0.05) is 19.0 Å². The molecule has 0 spiro atoms. The highest BCUT2D eigenvalue weighted by molar-refractivity contribution is 6.04. The summed E-state index contributed by atoms with van der Waals surface area (Å²) in [5.41, 5.74) is 4.88. The zero-order valence-corrected chi connectivity index (χ0v) is 18.7. The Morgan fingerprint density at radius 2 is 1.56 bits per heavy atom. The summed E-state index contributed by atoms with van der Waals surface area (Å²) in [7, 11) is 0. The molecular formula is C26H27N5O. The molecule has 0 fully saturated rings. The smallest absolute Gasteiger partial charge is 0.265 e. The van der Waals surface area contributed by atoms with Gasteiger partial charge < -0.3 is 4.57 Å². The second-order valence-electron chi connectivity index (χ2n) is 8.28. The van der Waals surface area contributed by atoms with Crippen molar-refractivity contribution in [1.82, 2.24) is 24.1 Å². The molecule has 2 aromatic carbocycles. The standard InChI is InChI=1S/C26H27N5O/c1-4-17(3)31-21(5-2)29-24-22(26(31)32)23-25(28-20-14-10-9-13-19(20)27-23)30(24)16-15-18-11-7-6-8-12-18/h6-14,17H,4-5,15-16H2,1-3H3. The summed E-state index contributed by atoms with van der Waals surface area (Å²) in [6.45, 7) is 6.90. The van der Waals surface area contributed by atoms with Gasteiger partial charge in [-0.15, -0.1) is 0 Å². The van der Waals surface area contributed by atoms with Gasteiger partial charge in [-0.3, -0.25) is 9.36 Å². The van der Waals surface area contributed by atoms with Gasteiger partial charge >= 0.3 is 0 Å². The van der Waals surface area contributed by atoms with Crippen LogP contribution in [0.5, 0.6) is 0 Å². The van der Waals surface area contributed by atoms with Gasteiger partial charge in [0.1, 0.15) is 16.7 Å². The van der Waals surface area contributed by atoms with E-state index in [9.17, 15) is 4.79 Å². The van der Waals surface area contributed by atoms with Gasteiger partial charge in [0.25, 0.3) is 5.56 Å². The molecule has 0 N–H and O–H groups in total. The molecule has 1 atom stereocenters. The number of benzene rings is 2. The summed E-state index contributed by atoms with van der Waals surface area (Å²) in [5, 5.41) is 0.573. The molecule has 5 rings (SSSR count). The molecule has 162 valence electrons. The first kappa shape index (κ1) is 20.4. The molecule has 0 radical (unpaired) electrons. The molecule has 6 heteroatoms. The number of hydrogen-bond donors (Lipinski definition) is 0. The van der Waals surface area contributed by atoms with E-state index in [-0.39, 0.29) is 11.6 Å². The summed E-state index contributed by atoms with van der Waals surface area (Å²) in [6, 6.07) is 18.2. The van der Waals surface area contributed by atoms with Crippen molar-refractivity contribution in [3.8, 4) is 0 Å². The number of hydrogen-bond acceptors (Lipinski definition) is 4. The van der Waals surface area contributed by atoms with Crippen molar-refractivity contribution in [2.24, 2.45) is 0 Å². The Kier molecular flexibility index (Phi) is 5.21. The fourth-order valence-electron chi connectivity index (χ4n) is 4.40. The Hall–Kier alpha value is -3.54. The van der Waals surface area contributed by atoms with E-state index in [1.165, 1.54) is 5.56 Å². The molecule has 0 aliphatic heterocycles. The third kappa shape index (κ3) is 3.27. The van der Waals surface area contributed by atoms with E-state index in [4.69, 9.17) is 15.0 Å².